The average Bonchev–Trinajstić information content (AvgIpc) is 2.97. The number of rotatable bonds is 37. The molecule has 0 aliphatic heterocycles. The molecule has 0 aromatic carbocycles. The van der Waals surface area contributed by atoms with E-state index in [1.54, 1.807) is 12.2 Å². The molecule has 12 nitrogen and oxygen atoms in total. The van der Waals surface area contributed by atoms with Gasteiger partial charge in [0.25, 0.3) is 0 Å². The number of ether oxygens (including phenoxy) is 12. The van der Waals surface area contributed by atoms with E-state index in [1.807, 2.05) is 0 Å². The molecule has 238 valence electrons. The molecule has 0 aliphatic carbocycles. The molecule has 40 heavy (non-hydrogen) atoms. The zero-order chi connectivity index (χ0) is 28.9. The van der Waals surface area contributed by atoms with E-state index in [0.717, 1.165) is 0 Å². The fourth-order valence-electron chi connectivity index (χ4n) is 2.65. The summed E-state index contributed by atoms with van der Waals surface area (Å²) in [5.41, 5.74) is 0. The Bertz CT molecular complexity index is 442. The van der Waals surface area contributed by atoms with Crippen LogP contribution in [0.4, 0.5) is 0 Å². The maximum absolute atomic E-state index is 5.46. The molecule has 0 saturated heterocycles. The van der Waals surface area contributed by atoms with Gasteiger partial charge < -0.3 is 56.8 Å². The lowest BCUT2D eigenvalue weighted by Crippen LogP contribution is -2.15. The second-order valence-corrected chi connectivity index (χ2v) is 7.85. The van der Waals surface area contributed by atoms with Gasteiger partial charge in [-0.2, -0.15) is 0 Å². The van der Waals surface area contributed by atoms with Crippen LogP contribution in [0.15, 0.2) is 25.3 Å². The Kier molecular flexibility index (Phi) is 37.0. The fourth-order valence-corrected chi connectivity index (χ4v) is 2.65. The monoisotopic (exact) mass is 582 g/mol. The van der Waals surface area contributed by atoms with Crippen molar-refractivity contribution < 1.29 is 56.8 Å². The van der Waals surface area contributed by atoms with Crippen molar-refractivity contribution in [1.82, 2.24) is 0 Å². The Hall–Kier alpha value is -1.00. The second kappa shape index (κ2) is 38.0. The van der Waals surface area contributed by atoms with Crippen molar-refractivity contribution in [1.29, 1.82) is 0 Å². The highest BCUT2D eigenvalue weighted by Crippen LogP contribution is 1.87. The summed E-state index contributed by atoms with van der Waals surface area (Å²) in [5.74, 6) is 0. The molecule has 0 N–H and O–H groups in total. The van der Waals surface area contributed by atoms with E-state index >= 15 is 0 Å². The summed E-state index contributed by atoms with van der Waals surface area (Å²) in [6.07, 6.45) is 3.42. The molecule has 0 heterocycles. The van der Waals surface area contributed by atoms with Crippen LogP contribution in [0.25, 0.3) is 0 Å². The van der Waals surface area contributed by atoms with Gasteiger partial charge in [0.1, 0.15) is 0 Å². The molecule has 0 amide bonds. The van der Waals surface area contributed by atoms with Crippen LogP contribution in [0.3, 0.4) is 0 Å². The first-order valence-electron chi connectivity index (χ1n) is 14.1. The van der Waals surface area contributed by atoms with E-state index in [4.69, 9.17) is 56.8 Å². The molecule has 0 spiro atoms. The molecule has 0 fully saturated rings. The van der Waals surface area contributed by atoms with E-state index in [-0.39, 0.29) is 0 Å². The van der Waals surface area contributed by atoms with Gasteiger partial charge in [0, 0.05) is 0 Å². The molecule has 0 aromatic heterocycles. The van der Waals surface area contributed by atoms with Crippen molar-refractivity contribution in [2.45, 2.75) is 0 Å². The largest absolute Gasteiger partial charge is 0.377 e. The third-order valence-electron chi connectivity index (χ3n) is 4.56. The van der Waals surface area contributed by atoms with Crippen LogP contribution in [-0.4, -0.2) is 159 Å². The standard InChI is InChI=1S/C28H54O12/c1-3-5-29-7-9-31-11-13-33-15-17-35-19-21-37-23-25-39-27-28-40-26-24-38-22-20-36-18-16-34-14-12-32-10-8-30-6-4-2/h3-4H,1-2,5-28H2. The molecule has 12 heteroatoms. The Balaban J connectivity index is 3.02. The molecule has 0 radical (unpaired) electrons. The van der Waals surface area contributed by atoms with Crippen molar-refractivity contribution >= 4 is 0 Å². The van der Waals surface area contributed by atoms with Crippen LogP contribution in [0.2, 0.25) is 0 Å². The summed E-state index contributed by atoms with van der Waals surface area (Å²) in [6.45, 7) is 19.9. The van der Waals surface area contributed by atoms with Gasteiger partial charge in [-0.05, 0) is 0 Å². The maximum Gasteiger partial charge on any atom is 0.0704 e. The summed E-state index contributed by atoms with van der Waals surface area (Å²) in [6, 6.07) is 0. The fraction of sp³-hybridized carbons (Fsp3) is 0.857. The van der Waals surface area contributed by atoms with Gasteiger partial charge >= 0.3 is 0 Å². The lowest BCUT2D eigenvalue weighted by atomic mass is 10.6. The first-order valence-corrected chi connectivity index (χ1v) is 14.1. The summed E-state index contributed by atoms with van der Waals surface area (Å²) >= 11 is 0. The van der Waals surface area contributed by atoms with Crippen molar-refractivity contribution in [2.24, 2.45) is 0 Å². The SMILES string of the molecule is C=CCOCCOCCOCCOCCOCCOCCOCCOCCOCCOCCOCCOCC=C. The molecule has 0 aliphatic rings. The first kappa shape index (κ1) is 39.0. The average molecular weight is 583 g/mol. The highest BCUT2D eigenvalue weighted by Gasteiger charge is 1.96. The van der Waals surface area contributed by atoms with Crippen molar-refractivity contribution in [2.75, 3.05) is 159 Å². The lowest BCUT2D eigenvalue weighted by Gasteiger charge is -2.09. The number of hydrogen-bond donors (Lipinski definition) is 0. The minimum atomic E-state index is 0.514. The summed E-state index contributed by atoms with van der Waals surface area (Å²) in [7, 11) is 0. The Morgan fingerprint density at radius 3 is 0.475 bits per heavy atom. The molecule has 0 aromatic rings. The second-order valence-electron chi connectivity index (χ2n) is 7.85. The summed E-state index contributed by atoms with van der Waals surface area (Å²) in [4.78, 5) is 0. The number of hydrogen-bond acceptors (Lipinski definition) is 12. The molecule has 0 atom stereocenters. The molecular formula is C28H54O12. The van der Waals surface area contributed by atoms with Crippen molar-refractivity contribution in [3.05, 3.63) is 25.3 Å². The third kappa shape index (κ3) is 37.0. The minimum absolute atomic E-state index is 0.514. The van der Waals surface area contributed by atoms with Gasteiger partial charge in [-0.25, -0.2) is 0 Å². The predicted molar refractivity (Wildman–Crippen MR) is 150 cm³/mol. The van der Waals surface area contributed by atoms with E-state index < -0.39 is 0 Å². The molecule has 0 rings (SSSR count). The first-order chi connectivity index (χ1) is 19.9. The van der Waals surface area contributed by atoms with Crippen LogP contribution in [0.5, 0.6) is 0 Å². The van der Waals surface area contributed by atoms with Crippen molar-refractivity contribution in [3.8, 4) is 0 Å². The zero-order valence-electron chi connectivity index (χ0n) is 24.4. The van der Waals surface area contributed by atoms with Crippen molar-refractivity contribution in [3.63, 3.8) is 0 Å². The topological polar surface area (TPSA) is 111 Å². The van der Waals surface area contributed by atoms with Crippen LogP contribution >= 0.6 is 0 Å². The normalized spacial score (nSPS) is 11.3. The van der Waals surface area contributed by atoms with Gasteiger partial charge in [0.05, 0.1) is 159 Å². The van der Waals surface area contributed by atoms with Crippen LogP contribution in [0, 0.1) is 0 Å². The van der Waals surface area contributed by atoms with E-state index in [0.29, 0.717) is 159 Å². The van der Waals surface area contributed by atoms with Gasteiger partial charge in [-0.1, -0.05) is 12.2 Å². The quantitative estimate of drug-likeness (QED) is 0.0783. The minimum Gasteiger partial charge on any atom is -0.377 e. The Morgan fingerprint density at radius 1 is 0.225 bits per heavy atom. The highest BCUT2D eigenvalue weighted by atomic mass is 16.6. The van der Waals surface area contributed by atoms with Crippen LogP contribution in [-0.2, 0) is 56.8 Å². The van der Waals surface area contributed by atoms with Gasteiger partial charge in [0.2, 0.25) is 0 Å². The molecule has 0 unspecified atom stereocenters. The highest BCUT2D eigenvalue weighted by molar-refractivity contribution is 4.63. The third-order valence-corrected chi connectivity index (χ3v) is 4.56. The Labute approximate surface area is 241 Å². The molecular weight excluding hydrogens is 528 g/mol. The predicted octanol–water partition coefficient (Wildman–Crippen LogP) is 1.56. The molecule has 0 bridgehead atoms. The van der Waals surface area contributed by atoms with E-state index in [1.165, 1.54) is 0 Å². The van der Waals surface area contributed by atoms with Gasteiger partial charge in [-0.15, -0.1) is 13.2 Å². The smallest absolute Gasteiger partial charge is 0.0704 e. The van der Waals surface area contributed by atoms with E-state index in [9.17, 15) is 0 Å². The van der Waals surface area contributed by atoms with E-state index in [2.05, 4.69) is 13.2 Å². The maximum atomic E-state index is 5.46. The zero-order valence-corrected chi connectivity index (χ0v) is 24.4. The summed E-state index contributed by atoms with van der Waals surface area (Å²) < 4.78 is 64.7. The summed E-state index contributed by atoms with van der Waals surface area (Å²) in [5, 5.41) is 0. The Morgan fingerprint density at radius 2 is 0.350 bits per heavy atom. The van der Waals surface area contributed by atoms with Gasteiger partial charge in [-0.3, -0.25) is 0 Å². The molecule has 0 saturated carbocycles. The lowest BCUT2D eigenvalue weighted by molar-refractivity contribution is -0.0280. The van der Waals surface area contributed by atoms with Crippen LogP contribution < -0.4 is 0 Å². The van der Waals surface area contributed by atoms with Crippen LogP contribution in [0.1, 0.15) is 0 Å². The van der Waals surface area contributed by atoms with Gasteiger partial charge in [0.15, 0.2) is 0 Å².